The lowest BCUT2D eigenvalue weighted by Crippen LogP contribution is -2.28. The summed E-state index contributed by atoms with van der Waals surface area (Å²) in [5, 5.41) is 0. The van der Waals surface area contributed by atoms with Gasteiger partial charge in [0.1, 0.15) is 0 Å². The second-order valence-electron chi connectivity index (χ2n) is 17.5. The van der Waals surface area contributed by atoms with Crippen LogP contribution in [0.4, 0.5) is 17.1 Å². The average molecular weight is 782 g/mol. The van der Waals surface area contributed by atoms with E-state index in [1.807, 2.05) is 0 Å². The van der Waals surface area contributed by atoms with Crippen LogP contribution in [-0.2, 0) is 10.8 Å². The maximum absolute atomic E-state index is 2.53. The van der Waals surface area contributed by atoms with Gasteiger partial charge in [0.25, 0.3) is 0 Å². The second kappa shape index (κ2) is 14.2. The van der Waals surface area contributed by atoms with Crippen molar-refractivity contribution in [2.24, 2.45) is 0 Å². The fourth-order valence-corrected chi connectivity index (χ4v) is 10.5. The van der Waals surface area contributed by atoms with Crippen LogP contribution in [0.5, 0.6) is 0 Å². The minimum absolute atomic E-state index is 0.155. The van der Waals surface area contributed by atoms with Crippen LogP contribution in [-0.4, -0.2) is 0 Å². The van der Waals surface area contributed by atoms with Crippen molar-refractivity contribution in [3.8, 4) is 44.5 Å². The maximum atomic E-state index is 2.53. The third-order valence-corrected chi connectivity index (χ3v) is 13.5. The van der Waals surface area contributed by atoms with E-state index in [1.54, 1.807) is 0 Å². The van der Waals surface area contributed by atoms with Crippen LogP contribution in [0.2, 0.25) is 0 Å². The first-order valence-electron chi connectivity index (χ1n) is 21.5. The van der Waals surface area contributed by atoms with E-state index in [2.05, 4.69) is 245 Å². The zero-order chi connectivity index (χ0) is 41.3. The van der Waals surface area contributed by atoms with Crippen molar-refractivity contribution in [3.63, 3.8) is 0 Å². The Morgan fingerprint density at radius 2 is 0.787 bits per heavy atom. The lowest BCUT2D eigenvalue weighted by atomic mass is 9.67. The molecule has 2 aliphatic rings. The molecule has 0 fully saturated rings. The highest BCUT2D eigenvalue weighted by atomic mass is 15.1. The summed E-state index contributed by atoms with van der Waals surface area (Å²) in [4.78, 5) is 2.53. The average Bonchev–Trinajstić information content (AvgIpc) is 3.73. The molecule has 0 aromatic heterocycles. The summed E-state index contributed by atoms with van der Waals surface area (Å²) in [6, 6.07) is 79.6. The van der Waals surface area contributed by atoms with Gasteiger partial charge in [-0.05, 0) is 123 Å². The Labute approximate surface area is 360 Å². The van der Waals surface area contributed by atoms with Crippen LogP contribution < -0.4 is 4.90 Å². The molecule has 0 amide bonds. The summed E-state index contributed by atoms with van der Waals surface area (Å²) in [5.41, 5.74) is 23.0. The van der Waals surface area contributed by atoms with Gasteiger partial charge in [-0.25, -0.2) is 0 Å². The molecule has 9 aromatic rings. The van der Waals surface area contributed by atoms with Gasteiger partial charge < -0.3 is 4.90 Å². The molecule has 0 N–H and O–H groups in total. The third-order valence-electron chi connectivity index (χ3n) is 13.5. The van der Waals surface area contributed by atoms with E-state index in [4.69, 9.17) is 0 Å². The number of hydrogen-bond donors (Lipinski definition) is 0. The lowest BCUT2D eigenvalue weighted by molar-refractivity contribution is 0.660. The van der Waals surface area contributed by atoms with Crippen LogP contribution in [0.3, 0.4) is 0 Å². The molecule has 0 saturated heterocycles. The molecule has 9 aromatic carbocycles. The first-order valence-corrected chi connectivity index (χ1v) is 21.5. The SMILES string of the molecule is Cc1ccc(-c2ccc(N(c3ccc4c(c3)C(C)(C)c3ccccc3-4)c3ccc4c(c3)C(c3ccccc3)(c3ccccc3)c3ccccc3-4)c(-c3ccc(C)cc3)c2)cc1. The summed E-state index contributed by atoms with van der Waals surface area (Å²) < 4.78 is 0. The van der Waals surface area contributed by atoms with Crippen molar-refractivity contribution in [2.75, 3.05) is 4.90 Å². The Balaban J connectivity index is 1.20. The summed E-state index contributed by atoms with van der Waals surface area (Å²) >= 11 is 0. The molecule has 2 aliphatic carbocycles. The molecular formula is C60H47N. The van der Waals surface area contributed by atoms with E-state index in [0.717, 1.165) is 17.1 Å². The molecule has 1 nitrogen and oxygen atoms in total. The predicted molar refractivity (Wildman–Crippen MR) is 256 cm³/mol. The first kappa shape index (κ1) is 36.8. The van der Waals surface area contributed by atoms with Crippen molar-refractivity contribution >= 4 is 17.1 Å². The number of anilines is 3. The molecule has 0 aliphatic heterocycles. The standard InChI is InChI=1S/C60H47N/c1-40-23-27-42(28-24-40)44-31-36-58(53(37-44)43-29-25-41(2)26-30-43)61(47-32-34-51-49-19-11-13-21-54(49)59(3,4)56(51)38-47)48-33-35-52-50-20-12-14-22-55(50)60(57(52)39-48,45-15-7-5-8-16-45)46-17-9-6-10-18-46/h5-39H,1-4H3. The Kier molecular flexibility index (Phi) is 8.58. The van der Waals surface area contributed by atoms with Gasteiger partial charge in [0.2, 0.25) is 0 Å². The van der Waals surface area contributed by atoms with Crippen LogP contribution >= 0.6 is 0 Å². The van der Waals surface area contributed by atoms with Crippen LogP contribution in [0.1, 0.15) is 58.4 Å². The van der Waals surface area contributed by atoms with E-state index in [0.29, 0.717) is 0 Å². The van der Waals surface area contributed by atoms with Gasteiger partial charge in [0, 0.05) is 22.4 Å². The smallest absolute Gasteiger partial charge is 0.0714 e. The molecular weight excluding hydrogens is 735 g/mol. The zero-order valence-electron chi connectivity index (χ0n) is 35.2. The van der Waals surface area contributed by atoms with Gasteiger partial charge in [-0.15, -0.1) is 0 Å². The Hall–Kier alpha value is -7.22. The first-order chi connectivity index (χ1) is 29.8. The number of nitrogens with zero attached hydrogens (tertiary/aromatic N) is 1. The number of rotatable bonds is 7. The van der Waals surface area contributed by atoms with Crippen molar-refractivity contribution in [1.82, 2.24) is 0 Å². The number of aryl methyl sites for hydroxylation is 2. The number of fused-ring (bicyclic) bond motifs is 6. The molecule has 0 atom stereocenters. The third kappa shape index (κ3) is 5.76. The fraction of sp³-hybridized carbons (Fsp3) is 0.100. The summed E-state index contributed by atoms with van der Waals surface area (Å²) in [7, 11) is 0. The lowest BCUT2D eigenvalue weighted by Gasteiger charge is -2.35. The quantitative estimate of drug-likeness (QED) is 0.156. The monoisotopic (exact) mass is 781 g/mol. The normalized spacial score (nSPS) is 13.8. The molecule has 0 saturated carbocycles. The Morgan fingerprint density at radius 1 is 0.328 bits per heavy atom. The molecule has 0 heterocycles. The molecule has 0 radical (unpaired) electrons. The van der Waals surface area contributed by atoms with E-state index in [9.17, 15) is 0 Å². The molecule has 0 unspecified atom stereocenters. The molecule has 11 rings (SSSR count). The van der Waals surface area contributed by atoms with Crippen molar-refractivity contribution in [3.05, 3.63) is 257 Å². The van der Waals surface area contributed by atoms with E-state index in [-0.39, 0.29) is 5.41 Å². The summed E-state index contributed by atoms with van der Waals surface area (Å²) in [5.74, 6) is 0. The Bertz CT molecular complexity index is 3060. The zero-order valence-corrected chi connectivity index (χ0v) is 35.2. The summed E-state index contributed by atoms with van der Waals surface area (Å²) in [6.07, 6.45) is 0. The fourth-order valence-electron chi connectivity index (χ4n) is 10.5. The number of hydrogen-bond acceptors (Lipinski definition) is 1. The van der Waals surface area contributed by atoms with Gasteiger partial charge in [-0.1, -0.05) is 201 Å². The van der Waals surface area contributed by atoms with Crippen molar-refractivity contribution in [1.29, 1.82) is 0 Å². The van der Waals surface area contributed by atoms with Crippen LogP contribution in [0.15, 0.2) is 212 Å². The molecule has 61 heavy (non-hydrogen) atoms. The molecule has 1 heteroatoms. The van der Waals surface area contributed by atoms with E-state index in [1.165, 1.54) is 89.0 Å². The minimum atomic E-state index is -0.521. The maximum Gasteiger partial charge on any atom is 0.0714 e. The molecule has 0 spiro atoms. The molecule has 292 valence electrons. The predicted octanol–water partition coefficient (Wildman–Crippen LogP) is 15.8. The minimum Gasteiger partial charge on any atom is -0.310 e. The van der Waals surface area contributed by atoms with Gasteiger partial charge in [-0.3, -0.25) is 0 Å². The van der Waals surface area contributed by atoms with Crippen LogP contribution in [0.25, 0.3) is 44.5 Å². The molecule has 0 bridgehead atoms. The van der Waals surface area contributed by atoms with Crippen molar-refractivity contribution in [2.45, 2.75) is 38.5 Å². The van der Waals surface area contributed by atoms with E-state index >= 15 is 0 Å². The second-order valence-corrected chi connectivity index (χ2v) is 17.5. The summed E-state index contributed by atoms with van der Waals surface area (Å²) in [6.45, 7) is 9.07. The van der Waals surface area contributed by atoms with Crippen LogP contribution in [0, 0.1) is 13.8 Å². The Morgan fingerprint density at radius 3 is 1.39 bits per heavy atom. The van der Waals surface area contributed by atoms with Gasteiger partial charge >= 0.3 is 0 Å². The highest BCUT2D eigenvalue weighted by Gasteiger charge is 2.46. The highest BCUT2D eigenvalue weighted by Crippen LogP contribution is 2.58. The van der Waals surface area contributed by atoms with Gasteiger partial charge in [0.15, 0.2) is 0 Å². The van der Waals surface area contributed by atoms with Crippen molar-refractivity contribution < 1.29 is 0 Å². The van der Waals surface area contributed by atoms with Gasteiger partial charge in [0.05, 0.1) is 11.1 Å². The largest absolute Gasteiger partial charge is 0.310 e. The topological polar surface area (TPSA) is 3.24 Å². The van der Waals surface area contributed by atoms with E-state index < -0.39 is 5.41 Å². The van der Waals surface area contributed by atoms with Gasteiger partial charge in [-0.2, -0.15) is 0 Å². The number of benzene rings is 9. The highest BCUT2D eigenvalue weighted by molar-refractivity contribution is 5.95.